The summed E-state index contributed by atoms with van der Waals surface area (Å²) in [6, 6.07) is 14.9. The minimum atomic E-state index is -0.557. The van der Waals surface area contributed by atoms with Gasteiger partial charge in [0.25, 0.3) is 0 Å². The monoisotopic (exact) mass is 379 g/mol. The minimum Gasteiger partial charge on any atom is -0.444 e. The molecule has 6 heteroatoms. The van der Waals surface area contributed by atoms with E-state index in [2.05, 4.69) is 16.7 Å². The number of benzene rings is 2. The van der Waals surface area contributed by atoms with Gasteiger partial charge in [-0.25, -0.2) is 4.79 Å². The summed E-state index contributed by atoms with van der Waals surface area (Å²) in [6.45, 7) is 7.68. The van der Waals surface area contributed by atoms with E-state index in [-0.39, 0.29) is 12.5 Å². The predicted octanol–water partition coefficient (Wildman–Crippen LogP) is 4.94. The van der Waals surface area contributed by atoms with Gasteiger partial charge in [-0.1, -0.05) is 18.2 Å². The predicted molar refractivity (Wildman–Crippen MR) is 112 cm³/mol. The summed E-state index contributed by atoms with van der Waals surface area (Å²) in [5.74, 6) is -0.117. The van der Waals surface area contributed by atoms with Crippen molar-refractivity contribution in [3.63, 3.8) is 0 Å². The lowest BCUT2D eigenvalue weighted by atomic mass is 10.2. The van der Waals surface area contributed by atoms with Crippen LogP contribution in [0.2, 0.25) is 0 Å². The second-order valence-corrected chi connectivity index (χ2v) is 7.71. The zero-order valence-electron chi connectivity index (χ0n) is 16.6. The molecular weight excluding hydrogens is 354 g/mol. The number of carbonyl (C=O) groups is 2. The van der Waals surface area contributed by atoms with Crippen molar-refractivity contribution in [2.75, 3.05) is 10.6 Å². The molecule has 1 heterocycles. The van der Waals surface area contributed by atoms with Gasteiger partial charge in [-0.05, 0) is 63.6 Å². The highest BCUT2D eigenvalue weighted by Crippen LogP contribution is 2.21. The van der Waals surface area contributed by atoms with E-state index in [9.17, 15) is 9.59 Å². The number of ether oxygens (including phenoxy) is 1. The van der Waals surface area contributed by atoms with Crippen molar-refractivity contribution >= 4 is 34.3 Å². The van der Waals surface area contributed by atoms with Crippen molar-refractivity contribution in [1.29, 1.82) is 0 Å². The van der Waals surface area contributed by atoms with Crippen LogP contribution in [-0.4, -0.2) is 22.2 Å². The first kappa shape index (κ1) is 19.5. The molecule has 0 radical (unpaired) electrons. The van der Waals surface area contributed by atoms with Gasteiger partial charge in [-0.3, -0.25) is 10.1 Å². The molecule has 0 atom stereocenters. The Balaban J connectivity index is 1.61. The van der Waals surface area contributed by atoms with Crippen molar-refractivity contribution in [2.24, 2.45) is 0 Å². The van der Waals surface area contributed by atoms with E-state index in [0.29, 0.717) is 11.4 Å². The maximum atomic E-state index is 12.4. The number of hydrogen-bond donors (Lipinski definition) is 2. The van der Waals surface area contributed by atoms with Gasteiger partial charge >= 0.3 is 6.09 Å². The number of anilines is 2. The summed E-state index contributed by atoms with van der Waals surface area (Å²) in [6.07, 6.45) is 1.47. The largest absolute Gasteiger partial charge is 0.444 e. The Kier molecular flexibility index (Phi) is 5.40. The number of hydrogen-bond acceptors (Lipinski definition) is 3. The third-order valence-electron chi connectivity index (χ3n) is 4.12. The molecule has 146 valence electrons. The molecule has 2 amide bonds. The highest BCUT2D eigenvalue weighted by molar-refractivity contribution is 5.93. The van der Waals surface area contributed by atoms with Gasteiger partial charge in [-0.2, -0.15) is 0 Å². The van der Waals surface area contributed by atoms with Crippen LogP contribution in [0.15, 0.2) is 54.7 Å². The number of nitrogens with zero attached hydrogens (tertiary/aromatic N) is 1. The molecule has 0 unspecified atom stereocenters. The summed E-state index contributed by atoms with van der Waals surface area (Å²) >= 11 is 0. The molecule has 3 aromatic rings. The normalized spacial score (nSPS) is 11.3. The molecule has 28 heavy (non-hydrogen) atoms. The van der Waals surface area contributed by atoms with Crippen molar-refractivity contribution in [3.8, 4) is 0 Å². The van der Waals surface area contributed by atoms with Crippen molar-refractivity contribution in [2.45, 2.75) is 39.8 Å². The SMILES string of the molecule is Cc1cn(CC(=O)Nc2ccc(NC(=O)OC(C)(C)C)cc2)c2ccccc12. The maximum Gasteiger partial charge on any atom is 0.412 e. The van der Waals surface area contributed by atoms with Gasteiger partial charge in [0.05, 0.1) is 0 Å². The summed E-state index contributed by atoms with van der Waals surface area (Å²) in [5, 5.41) is 6.69. The first-order chi connectivity index (χ1) is 13.2. The third-order valence-corrected chi connectivity index (χ3v) is 4.12. The van der Waals surface area contributed by atoms with Crippen LogP contribution in [-0.2, 0) is 16.1 Å². The average molecular weight is 379 g/mol. The first-order valence-corrected chi connectivity index (χ1v) is 9.16. The number of aryl methyl sites for hydroxylation is 1. The summed E-state index contributed by atoms with van der Waals surface area (Å²) in [5.41, 5.74) is 2.87. The quantitative estimate of drug-likeness (QED) is 0.675. The van der Waals surface area contributed by atoms with Crippen LogP contribution in [0.1, 0.15) is 26.3 Å². The second-order valence-electron chi connectivity index (χ2n) is 7.71. The lowest BCUT2D eigenvalue weighted by Gasteiger charge is -2.19. The summed E-state index contributed by atoms with van der Waals surface area (Å²) in [7, 11) is 0. The van der Waals surface area contributed by atoms with E-state index in [1.54, 1.807) is 45.0 Å². The van der Waals surface area contributed by atoms with E-state index < -0.39 is 11.7 Å². The zero-order valence-corrected chi connectivity index (χ0v) is 16.6. The third kappa shape index (κ3) is 4.91. The van der Waals surface area contributed by atoms with Crippen molar-refractivity contribution in [3.05, 3.63) is 60.3 Å². The molecule has 0 saturated carbocycles. The van der Waals surface area contributed by atoms with Crippen LogP contribution in [0.3, 0.4) is 0 Å². The molecule has 0 saturated heterocycles. The Labute approximate surface area is 164 Å². The minimum absolute atomic E-state index is 0.117. The Morgan fingerprint density at radius 3 is 2.21 bits per heavy atom. The fourth-order valence-corrected chi connectivity index (χ4v) is 2.97. The average Bonchev–Trinajstić information content (AvgIpc) is 2.91. The van der Waals surface area contributed by atoms with Crippen molar-refractivity contribution in [1.82, 2.24) is 4.57 Å². The van der Waals surface area contributed by atoms with Gasteiger partial charge in [-0.15, -0.1) is 0 Å². The second kappa shape index (κ2) is 7.76. The molecule has 0 aliphatic heterocycles. The van der Waals surface area contributed by atoms with Gasteiger partial charge in [0.1, 0.15) is 12.1 Å². The van der Waals surface area contributed by atoms with Gasteiger partial charge in [0.15, 0.2) is 0 Å². The highest BCUT2D eigenvalue weighted by atomic mass is 16.6. The van der Waals surface area contributed by atoms with E-state index >= 15 is 0 Å². The molecule has 1 aromatic heterocycles. The highest BCUT2D eigenvalue weighted by Gasteiger charge is 2.16. The number of nitrogens with one attached hydrogen (secondary N) is 2. The number of aromatic nitrogens is 1. The molecule has 6 nitrogen and oxygen atoms in total. The fraction of sp³-hybridized carbons (Fsp3) is 0.273. The number of amides is 2. The number of fused-ring (bicyclic) bond motifs is 1. The van der Waals surface area contributed by atoms with E-state index in [4.69, 9.17) is 4.74 Å². The lowest BCUT2D eigenvalue weighted by Crippen LogP contribution is -2.27. The standard InChI is InChI=1S/C22H25N3O3/c1-15-13-25(19-8-6-5-7-18(15)19)14-20(26)23-16-9-11-17(12-10-16)24-21(27)28-22(2,3)4/h5-13H,14H2,1-4H3,(H,23,26)(H,24,27). The van der Waals surface area contributed by atoms with Crippen molar-refractivity contribution < 1.29 is 14.3 Å². The van der Waals surface area contributed by atoms with Gasteiger partial charge in [0, 0.05) is 28.5 Å². The van der Waals surface area contributed by atoms with E-state index in [0.717, 1.165) is 16.5 Å². The Hall–Kier alpha value is -3.28. The van der Waals surface area contributed by atoms with E-state index in [1.165, 1.54) is 0 Å². The molecule has 0 bridgehead atoms. The van der Waals surface area contributed by atoms with Crippen LogP contribution < -0.4 is 10.6 Å². The van der Waals surface area contributed by atoms with Crippen LogP contribution >= 0.6 is 0 Å². The summed E-state index contributed by atoms with van der Waals surface area (Å²) < 4.78 is 7.16. The van der Waals surface area contributed by atoms with Crippen LogP contribution in [0.5, 0.6) is 0 Å². The first-order valence-electron chi connectivity index (χ1n) is 9.16. The zero-order chi connectivity index (χ0) is 20.3. The van der Waals surface area contributed by atoms with E-state index in [1.807, 2.05) is 35.9 Å². The number of rotatable bonds is 4. The Bertz CT molecular complexity index is 998. The molecule has 2 N–H and O–H groups in total. The Morgan fingerprint density at radius 2 is 1.57 bits per heavy atom. The Morgan fingerprint density at radius 1 is 0.964 bits per heavy atom. The molecule has 0 spiro atoms. The topological polar surface area (TPSA) is 72.4 Å². The molecule has 0 aliphatic carbocycles. The lowest BCUT2D eigenvalue weighted by molar-refractivity contribution is -0.116. The van der Waals surface area contributed by atoms with Crippen LogP contribution in [0, 0.1) is 6.92 Å². The molecular formula is C22H25N3O3. The van der Waals surface area contributed by atoms with Crippen LogP contribution in [0.25, 0.3) is 10.9 Å². The smallest absolute Gasteiger partial charge is 0.412 e. The molecule has 2 aromatic carbocycles. The van der Waals surface area contributed by atoms with Gasteiger partial charge < -0.3 is 14.6 Å². The summed E-state index contributed by atoms with van der Waals surface area (Å²) in [4.78, 5) is 24.2. The molecule has 0 aliphatic rings. The molecule has 0 fully saturated rings. The number of para-hydroxylation sites is 1. The fourth-order valence-electron chi connectivity index (χ4n) is 2.97. The van der Waals surface area contributed by atoms with Gasteiger partial charge in [0.2, 0.25) is 5.91 Å². The maximum absolute atomic E-state index is 12.4. The number of carbonyl (C=O) groups excluding carboxylic acids is 2. The van der Waals surface area contributed by atoms with Crippen LogP contribution in [0.4, 0.5) is 16.2 Å². The molecule has 3 rings (SSSR count).